The van der Waals surface area contributed by atoms with Gasteiger partial charge in [-0.3, -0.25) is 9.59 Å². The van der Waals surface area contributed by atoms with Crippen molar-refractivity contribution in [3.8, 4) is 0 Å². The summed E-state index contributed by atoms with van der Waals surface area (Å²) >= 11 is 6.28. The summed E-state index contributed by atoms with van der Waals surface area (Å²) in [5.74, 6) is -0.833. The van der Waals surface area contributed by atoms with Gasteiger partial charge in [0, 0.05) is 5.69 Å². The molecule has 0 aromatic heterocycles. The predicted octanol–water partition coefficient (Wildman–Crippen LogP) is 5.05. The van der Waals surface area contributed by atoms with E-state index < -0.39 is 11.8 Å². The average Bonchev–Trinajstić information content (AvgIpc) is 2.95. The Labute approximate surface area is 168 Å². The van der Waals surface area contributed by atoms with Crippen LogP contribution in [0.25, 0.3) is 5.57 Å². The van der Waals surface area contributed by atoms with Crippen molar-refractivity contribution in [2.75, 3.05) is 10.2 Å². The summed E-state index contributed by atoms with van der Waals surface area (Å²) in [6.45, 7) is 1.94. The molecular formula is C23H17ClN2O2. The fourth-order valence-electron chi connectivity index (χ4n) is 3.22. The van der Waals surface area contributed by atoms with Crippen LogP contribution in [0.15, 0.2) is 84.6 Å². The van der Waals surface area contributed by atoms with Crippen molar-refractivity contribution in [3.05, 3.63) is 101 Å². The summed E-state index contributed by atoms with van der Waals surface area (Å²) in [4.78, 5) is 27.7. The van der Waals surface area contributed by atoms with Gasteiger partial charge in [0.05, 0.1) is 16.3 Å². The van der Waals surface area contributed by atoms with Crippen LogP contribution in [0.3, 0.4) is 0 Å². The second-order valence-corrected chi connectivity index (χ2v) is 6.86. The Morgan fingerprint density at radius 2 is 1.43 bits per heavy atom. The van der Waals surface area contributed by atoms with Crippen LogP contribution >= 0.6 is 11.6 Å². The summed E-state index contributed by atoms with van der Waals surface area (Å²) < 4.78 is 0. The van der Waals surface area contributed by atoms with Crippen molar-refractivity contribution in [1.29, 1.82) is 0 Å². The third kappa shape index (κ3) is 3.08. The Hall–Kier alpha value is -3.37. The standard InChI is InChI=1S/C23H17ClN2O2/c1-15-9-5-7-13-18(15)25-21-20(16-10-3-2-4-11-16)22(27)26(23(21)28)19-14-8-6-12-17(19)24/h2-14,25H,1H3. The van der Waals surface area contributed by atoms with Crippen molar-refractivity contribution in [3.63, 3.8) is 0 Å². The van der Waals surface area contributed by atoms with Crippen molar-refractivity contribution < 1.29 is 9.59 Å². The van der Waals surface area contributed by atoms with Gasteiger partial charge in [-0.25, -0.2) is 4.90 Å². The zero-order chi connectivity index (χ0) is 19.7. The van der Waals surface area contributed by atoms with Gasteiger partial charge in [-0.15, -0.1) is 0 Å². The summed E-state index contributed by atoms with van der Waals surface area (Å²) in [7, 11) is 0. The lowest BCUT2D eigenvalue weighted by Gasteiger charge is -2.17. The van der Waals surface area contributed by atoms with Gasteiger partial charge in [-0.1, -0.05) is 72.3 Å². The molecule has 0 radical (unpaired) electrons. The molecule has 1 N–H and O–H groups in total. The molecule has 0 saturated carbocycles. The molecule has 4 rings (SSSR count). The van der Waals surface area contributed by atoms with E-state index in [9.17, 15) is 9.59 Å². The fraction of sp³-hybridized carbons (Fsp3) is 0.0435. The topological polar surface area (TPSA) is 49.4 Å². The van der Waals surface area contributed by atoms with E-state index in [2.05, 4.69) is 5.32 Å². The molecule has 4 nitrogen and oxygen atoms in total. The van der Waals surface area contributed by atoms with E-state index in [1.165, 1.54) is 0 Å². The van der Waals surface area contributed by atoms with Crippen LogP contribution in [-0.2, 0) is 9.59 Å². The molecule has 2 amide bonds. The lowest BCUT2D eigenvalue weighted by Crippen LogP contribution is -2.32. The molecule has 3 aromatic rings. The molecule has 0 unspecified atom stereocenters. The third-order valence-electron chi connectivity index (χ3n) is 4.64. The van der Waals surface area contributed by atoms with Gasteiger partial charge in [0.25, 0.3) is 11.8 Å². The maximum atomic E-state index is 13.3. The summed E-state index contributed by atoms with van der Waals surface area (Å²) in [5, 5.41) is 3.52. The summed E-state index contributed by atoms with van der Waals surface area (Å²) in [6.07, 6.45) is 0. The van der Waals surface area contributed by atoms with E-state index in [4.69, 9.17) is 11.6 Å². The van der Waals surface area contributed by atoms with E-state index in [0.717, 1.165) is 16.2 Å². The largest absolute Gasteiger partial charge is 0.350 e. The van der Waals surface area contributed by atoms with Crippen molar-refractivity contribution >= 4 is 40.4 Å². The number of benzene rings is 3. The van der Waals surface area contributed by atoms with Crippen LogP contribution in [0, 0.1) is 6.92 Å². The first-order chi connectivity index (χ1) is 13.6. The maximum absolute atomic E-state index is 13.3. The van der Waals surface area contributed by atoms with Crippen LogP contribution in [0.4, 0.5) is 11.4 Å². The first-order valence-corrected chi connectivity index (χ1v) is 9.21. The van der Waals surface area contributed by atoms with E-state index in [1.54, 1.807) is 24.3 Å². The molecule has 1 aliphatic rings. The van der Waals surface area contributed by atoms with E-state index in [1.807, 2.05) is 61.5 Å². The second-order valence-electron chi connectivity index (χ2n) is 6.45. The number of hydrogen-bond donors (Lipinski definition) is 1. The molecular weight excluding hydrogens is 372 g/mol. The first-order valence-electron chi connectivity index (χ1n) is 8.83. The zero-order valence-electron chi connectivity index (χ0n) is 15.1. The molecule has 1 heterocycles. The predicted molar refractivity (Wildman–Crippen MR) is 112 cm³/mol. The molecule has 0 fully saturated rings. The maximum Gasteiger partial charge on any atom is 0.282 e. The van der Waals surface area contributed by atoms with E-state index in [0.29, 0.717) is 21.8 Å². The first kappa shape index (κ1) is 18.0. The molecule has 0 atom stereocenters. The Balaban J connectivity index is 1.86. The lowest BCUT2D eigenvalue weighted by molar-refractivity contribution is -0.120. The second kappa shape index (κ2) is 7.33. The SMILES string of the molecule is Cc1ccccc1NC1=C(c2ccccc2)C(=O)N(c2ccccc2Cl)C1=O. The van der Waals surface area contributed by atoms with Crippen LogP contribution in [0.5, 0.6) is 0 Å². The molecule has 0 spiro atoms. The smallest absolute Gasteiger partial charge is 0.282 e. The van der Waals surface area contributed by atoms with Gasteiger partial charge in [-0.2, -0.15) is 0 Å². The minimum atomic E-state index is -0.430. The quantitative estimate of drug-likeness (QED) is 0.636. The zero-order valence-corrected chi connectivity index (χ0v) is 15.9. The molecule has 0 aliphatic carbocycles. The number of para-hydroxylation sites is 2. The number of imide groups is 1. The Morgan fingerprint density at radius 3 is 2.14 bits per heavy atom. The lowest BCUT2D eigenvalue weighted by atomic mass is 10.0. The molecule has 0 bridgehead atoms. The highest BCUT2D eigenvalue weighted by atomic mass is 35.5. The number of anilines is 2. The summed E-state index contributed by atoms with van der Waals surface area (Å²) in [5.41, 5.74) is 3.35. The highest BCUT2D eigenvalue weighted by Crippen LogP contribution is 2.36. The van der Waals surface area contributed by atoms with Gasteiger partial charge >= 0.3 is 0 Å². The fourth-order valence-corrected chi connectivity index (χ4v) is 3.44. The highest BCUT2D eigenvalue weighted by Gasteiger charge is 2.41. The van der Waals surface area contributed by atoms with Crippen LogP contribution < -0.4 is 10.2 Å². The highest BCUT2D eigenvalue weighted by molar-refractivity contribution is 6.48. The Morgan fingerprint density at radius 1 is 0.786 bits per heavy atom. The Kier molecular flexibility index (Phi) is 4.72. The Bertz CT molecular complexity index is 1110. The number of nitrogens with zero attached hydrogens (tertiary/aromatic N) is 1. The number of carbonyl (C=O) groups excluding carboxylic acids is 2. The molecule has 3 aromatic carbocycles. The van der Waals surface area contributed by atoms with Gasteiger partial charge in [0.2, 0.25) is 0 Å². The third-order valence-corrected chi connectivity index (χ3v) is 4.96. The number of nitrogens with one attached hydrogen (secondary N) is 1. The normalized spacial score (nSPS) is 14.0. The molecule has 28 heavy (non-hydrogen) atoms. The van der Waals surface area contributed by atoms with Gasteiger partial charge in [0.1, 0.15) is 5.70 Å². The van der Waals surface area contributed by atoms with Crippen LogP contribution in [-0.4, -0.2) is 11.8 Å². The van der Waals surface area contributed by atoms with Crippen molar-refractivity contribution in [2.24, 2.45) is 0 Å². The van der Waals surface area contributed by atoms with Gasteiger partial charge in [-0.05, 0) is 36.2 Å². The number of amides is 2. The molecule has 1 aliphatic heterocycles. The van der Waals surface area contributed by atoms with Crippen LogP contribution in [0.1, 0.15) is 11.1 Å². The summed E-state index contributed by atoms with van der Waals surface area (Å²) in [6, 6.07) is 23.6. The van der Waals surface area contributed by atoms with Gasteiger partial charge < -0.3 is 5.32 Å². The monoisotopic (exact) mass is 388 g/mol. The number of halogens is 1. The number of aryl methyl sites for hydroxylation is 1. The van der Waals surface area contributed by atoms with Crippen molar-refractivity contribution in [1.82, 2.24) is 0 Å². The average molecular weight is 389 g/mol. The molecule has 0 saturated heterocycles. The van der Waals surface area contributed by atoms with Crippen LogP contribution in [0.2, 0.25) is 5.02 Å². The number of hydrogen-bond acceptors (Lipinski definition) is 3. The number of carbonyl (C=O) groups is 2. The van der Waals surface area contributed by atoms with Gasteiger partial charge in [0.15, 0.2) is 0 Å². The van der Waals surface area contributed by atoms with E-state index >= 15 is 0 Å². The molecule has 5 heteroatoms. The number of rotatable bonds is 4. The van der Waals surface area contributed by atoms with E-state index in [-0.39, 0.29) is 5.70 Å². The molecule has 138 valence electrons. The minimum Gasteiger partial charge on any atom is -0.350 e. The van der Waals surface area contributed by atoms with Crippen molar-refractivity contribution in [2.45, 2.75) is 6.92 Å². The minimum absolute atomic E-state index is 0.241.